The second-order valence-electron chi connectivity index (χ2n) is 23.4. The van der Waals surface area contributed by atoms with Gasteiger partial charge in [0.2, 0.25) is 0 Å². The molecule has 0 unspecified atom stereocenters. The molecule has 0 radical (unpaired) electrons. The summed E-state index contributed by atoms with van der Waals surface area (Å²) in [5, 5.41) is 44.6. The molecule has 9 aromatic carbocycles. The fraction of sp³-hybridized carbons (Fsp3) is 0.268. The Morgan fingerprint density at radius 3 is 1.17 bits per heavy atom. The molecule has 0 saturated carbocycles. The van der Waals surface area contributed by atoms with E-state index in [1.54, 1.807) is 24.3 Å². The van der Waals surface area contributed by atoms with Gasteiger partial charge in [-0.25, -0.2) is 22.8 Å². The van der Waals surface area contributed by atoms with Crippen LogP contribution in [0.1, 0.15) is 125 Å². The third-order valence-electron chi connectivity index (χ3n) is 16.1. The van der Waals surface area contributed by atoms with Gasteiger partial charge in [-0.1, -0.05) is 258 Å². The maximum absolute atomic E-state index is 14.9. The fourth-order valence-electron chi connectivity index (χ4n) is 10.2. The molecule has 5 N–H and O–H groups in total. The summed E-state index contributed by atoms with van der Waals surface area (Å²) in [5.41, 5.74) is 15.3. The summed E-state index contributed by atoms with van der Waals surface area (Å²) in [4.78, 5) is 22.0. The predicted molar refractivity (Wildman–Crippen MR) is 387 cm³/mol. The van der Waals surface area contributed by atoms with Crippen LogP contribution in [0.5, 0.6) is 0 Å². The molecule has 1 aliphatic rings. The molecule has 0 aromatic heterocycles. The van der Waals surface area contributed by atoms with E-state index in [0.29, 0.717) is 29.7 Å². The van der Waals surface area contributed by atoms with Gasteiger partial charge in [-0.3, -0.25) is 0 Å². The summed E-state index contributed by atoms with van der Waals surface area (Å²) in [7, 11) is -1.78. The number of benzene rings is 9. The Hall–Kier alpha value is -8.47. The first-order chi connectivity index (χ1) is 46.5. The summed E-state index contributed by atoms with van der Waals surface area (Å²) in [5.74, 6) is -1.87. The lowest BCUT2D eigenvalue weighted by atomic mass is 9.79. The number of carbonyl (C=O) groups excluding carboxylic acids is 2. The van der Waals surface area contributed by atoms with Crippen LogP contribution in [0.25, 0.3) is 55.6 Å². The van der Waals surface area contributed by atoms with E-state index in [0.717, 1.165) is 84.9 Å². The number of aryl methyl sites for hydroxylation is 3. The number of halogens is 4. The maximum atomic E-state index is 14.9. The van der Waals surface area contributed by atoms with Crippen LogP contribution in [0.3, 0.4) is 0 Å². The van der Waals surface area contributed by atoms with E-state index in [-0.39, 0.29) is 61.5 Å². The van der Waals surface area contributed by atoms with Crippen LogP contribution in [0, 0.1) is 17.5 Å². The van der Waals surface area contributed by atoms with Gasteiger partial charge in [-0.15, -0.1) is 0 Å². The van der Waals surface area contributed by atoms with E-state index >= 15 is 0 Å². The van der Waals surface area contributed by atoms with Crippen molar-refractivity contribution in [1.29, 1.82) is 0 Å². The first kappa shape index (κ1) is 76.6. The van der Waals surface area contributed by atoms with Crippen molar-refractivity contribution in [2.45, 2.75) is 130 Å². The highest BCUT2D eigenvalue weighted by molar-refractivity contribution is 9.10. The Balaban J connectivity index is 0.000000206. The molecule has 0 spiro atoms. The lowest BCUT2D eigenvalue weighted by molar-refractivity contribution is -0.140. The van der Waals surface area contributed by atoms with Crippen LogP contribution < -0.4 is 5.46 Å². The van der Waals surface area contributed by atoms with Crippen LogP contribution in [0.15, 0.2) is 229 Å². The molecule has 1 saturated heterocycles. The highest BCUT2D eigenvalue weighted by Gasteiger charge is 2.18. The molecule has 0 aliphatic carbocycles. The third-order valence-corrected chi connectivity index (χ3v) is 16.6. The number of hydrogen-bond donors (Lipinski definition) is 5. The zero-order chi connectivity index (χ0) is 69.2. The van der Waals surface area contributed by atoms with Crippen LogP contribution in [0.2, 0.25) is 0 Å². The molecule has 96 heavy (non-hydrogen) atoms. The SMILES string of the molecule is C=C(CCO)C(=O)OCc1ccc(-c2ccc(-c3ccc(CCCCC)cc3)cc2F)cc1.C=C1CCOC1=O.CCCCCc1ccc(-c2ccc(-c3ccc(CO)cc3)c(F)c2)cc1.CCCCCc1ccc(-c2ccc(B(O)O)c(F)c2)cc1.OCc1ccc(Br)cc1. The predicted octanol–water partition coefficient (Wildman–Crippen LogP) is 18.6. The van der Waals surface area contributed by atoms with E-state index in [4.69, 9.17) is 30.1 Å². The zero-order valence-electron chi connectivity index (χ0n) is 55.4. The van der Waals surface area contributed by atoms with Crippen molar-refractivity contribution in [1.82, 2.24) is 0 Å². The molecule has 0 bridgehead atoms. The Morgan fingerprint density at radius 1 is 0.490 bits per heavy atom. The molecule has 502 valence electrons. The quantitative estimate of drug-likeness (QED) is 0.0163. The first-order valence-corrected chi connectivity index (χ1v) is 33.7. The van der Waals surface area contributed by atoms with Crippen LogP contribution in [-0.2, 0) is 58.1 Å². The molecule has 1 fully saturated rings. The van der Waals surface area contributed by atoms with Crippen LogP contribution in [0.4, 0.5) is 13.2 Å². The van der Waals surface area contributed by atoms with E-state index in [2.05, 4.69) is 115 Å². The van der Waals surface area contributed by atoms with Gasteiger partial charge in [-0.2, -0.15) is 0 Å². The molecule has 0 atom stereocenters. The Bertz CT molecular complexity index is 3830. The van der Waals surface area contributed by atoms with Gasteiger partial charge in [-0.05, 0) is 147 Å². The van der Waals surface area contributed by atoms with Crippen LogP contribution >= 0.6 is 15.9 Å². The molecular weight excluding hydrogens is 1280 g/mol. The molecule has 10 rings (SSSR count). The molecule has 14 heteroatoms. The normalized spacial score (nSPS) is 11.3. The minimum atomic E-state index is -1.78. The summed E-state index contributed by atoms with van der Waals surface area (Å²) in [6, 6.07) is 62.2. The number of aliphatic hydroxyl groups excluding tert-OH is 3. The lowest BCUT2D eigenvalue weighted by Crippen LogP contribution is -2.32. The summed E-state index contributed by atoms with van der Waals surface area (Å²) in [6.45, 7) is 14.2. The van der Waals surface area contributed by atoms with E-state index in [1.165, 1.54) is 86.6 Å². The van der Waals surface area contributed by atoms with Gasteiger partial charge in [0, 0.05) is 51.7 Å². The van der Waals surface area contributed by atoms with Gasteiger partial charge in [0.15, 0.2) is 0 Å². The van der Waals surface area contributed by atoms with Gasteiger partial charge in [0.05, 0.1) is 19.8 Å². The van der Waals surface area contributed by atoms with Crippen molar-refractivity contribution in [3.05, 3.63) is 280 Å². The molecular formula is C82H89BBrF3O9. The van der Waals surface area contributed by atoms with Crippen molar-refractivity contribution in [2.24, 2.45) is 0 Å². The minimum absolute atomic E-state index is 0.00383. The lowest BCUT2D eigenvalue weighted by Gasteiger charge is -2.10. The second-order valence-corrected chi connectivity index (χ2v) is 24.4. The molecule has 0 amide bonds. The number of aliphatic hydroxyl groups is 3. The van der Waals surface area contributed by atoms with Crippen molar-refractivity contribution >= 4 is 40.4 Å². The number of esters is 2. The Morgan fingerprint density at radius 2 is 0.844 bits per heavy atom. The number of hydrogen-bond acceptors (Lipinski definition) is 9. The number of rotatable bonds is 25. The minimum Gasteiger partial charge on any atom is -0.462 e. The van der Waals surface area contributed by atoms with Gasteiger partial charge < -0.3 is 34.8 Å². The summed E-state index contributed by atoms with van der Waals surface area (Å²) in [6.07, 6.45) is 15.1. The highest BCUT2D eigenvalue weighted by Crippen LogP contribution is 2.31. The molecule has 9 aromatic rings. The maximum Gasteiger partial charge on any atom is 0.491 e. The van der Waals surface area contributed by atoms with E-state index in [1.807, 2.05) is 103 Å². The van der Waals surface area contributed by atoms with Crippen LogP contribution in [-0.4, -0.2) is 57.6 Å². The van der Waals surface area contributed by atoms with E-state index in [9.17, 15) is 22.8 Å². The Kier molecular flexibility index (Phi) is 33.1. The summed E-state index contributed by atoms with van der Waals surface area (Å²) < 4.78 is 54.1. The zero-order valence-corrected chi connectivity index (χ0v) is 56.9. The topological polar surface area (TPSA) is 154 Å². The van der Waals surface area contributed by atoms with Crippen molar-refractivity contribution in [3.63, 3.8) is 0 Å². The third kappa shape index (κ3) is 25.3. The summed E-state index contributed by atoms with van der Waals surface area (Å²) >= 11 is 3.29. The van der Waals surface area contributed by atoms with Gasteiger partial charge >= 0.3 is 19.1 Å². The van der Waals surface area contributed by atoms with Crippen molar-refractivity contribution < 1.29 is 57.6 Å². The van der Waals surface area contributed by atoms with Gasteiger partial charge in [0.25, 0.3) is 0 Å². The number of ether oxygens (including phenoxy) is 2. The van der Waals surface area contributed by atoms with Gasteiger partial charge in [0.1, 0.15) is 24.1 Å². The highest BCUT2D eigenvalue weighted by atomic mass is 79.9. The Labute approximate surface area is 574 Å². The fourth-order valence-corrected chi connectivity index (χ4v) is 10.5. The monoisotopic (exact) mass is 1360 g/mol. The molecule has 9 nitrogen and oxygen atoms in total. The largest absolute Gasteiger partial charge is 0.491 e. The van der Waals surface area contributed by atoms with Crippen molar-refractivity contribution in [3.8, 4) is 55.6 Å². The first-order valence-electron chi connectivity index (χ1n) is 33.0. The number of unbranched alkanes of at least 4 members (excludes halogenated alkanes) is 6. The van der Waals surface area contributed by atoms with Crippen molar-refractivity contribution in [2.75, 3.05) is 13.2 Å². The number of cyclic esters (lactones) is 1. The average molecular weight is 1370 g/mol. The smallest absolute Gasteiger partial charge is 0.462 e. The second kappa shape index (κ2) is 41.5. The molecule has 1 aliphatic heterocycles. The van der Waals surface area contributed by atoms with E-state index < -0.39 is 18.9 Å². The number of carbonyl (C=O) groups is 2. The standard InChI is InChI=1S/C29H31FO3.C24H25FO.C17H20BFO2.C7H7BrO.C5H6O2/c1-3-4-5-6-22-7-11-24(12-8-22)26-15-16-27(28(30)19-26)25-13-9-23(10-14-25)20-33-29(32)21(2)17-18-31;1-2-3-4-5-18-6-10-20(11-7-18)22-14-15-23(24(25)16-22)21-12-8-19(17-26)9-13-21;1-2-3-4-5-13-6-8-14(9-7-13)15-10-11-16(18(20)21)17(19)12-15;8-7-3-1-6(5-9)2-4-7;1-4-2-3-7-5(4)6/h7-16,19,31H,2-6,17-18,20H2,1H3;6-16,26H,2-5,17H2,1H3;6-12,20-21H,2-5H2,1H3;1-4,9H,5H2;1-3H2. The molecule has 1 heterocycles. The average Bonchev–Trinajstić information content (AvgIpc) is 0.874.